The maximum absolute atomic E-state index is 13.0. The van der Waals surface area contributed by atoms with Crippen LogP contribution in [-0.2, 0) is 0 Å². The minimum absolute atomic E-state index is 0.0147. The van der Waals surface area contributed by atoms with Crippen LogP contribution in [0.4, 0.5) is 0 Å². The molecule has 0 amide bonds. The molecular formula is C16H8Cl4N2O3S. The number of fused-ring (bicyclic) bond motifs is 1. The van der Waals surface area contributed by atoms with Gasteiger partial charge in [-0.05, 0) is 36.5 Å². The highest BCUT2D eigenvalue weighted by Crippen LogP contribution is 2.33. The Morgan fingerprint density at radius 3 is 2.35 bits per heavy atom. The highest BCUT2D eigenvalue weighted by Gasteiger charge is 2.22. The largest absolute Gasteiger partial charge is 0.494 e. The summed E-state index contributed by atoms with van der Waals surface area (Å²) in [6, 6.07) is 5.61. The summed E-state index contributed by atoms with van der Waals surface area (Å²) < 4.78 is 5.79. The van der Waals surface area contributed by atoms with Gasteiger partial charge in [-0.2, -0.15) is 0 Å². The van der Waals surface area contributed by atoms with Crippen LogP contribution in [0.3, 0.4) is 0 Å². The molecule has 0 aliphatic heterocycles. The molecule has 0 unspecified atom stereocenters. The summed E-state index contributed by atoms with van der Waals surface area (Å²) >= 11 is 29.3. The first-order valence-corrected chi connectivity index (χ1v) is 8.88. The number of aromatic nitrogens is 2. The number of hydrogen-bond donors (Lipinski definition) is 1. The zero-order valence-corrected chi connectivity index (χ0v) is 16.7. The van der Waals surface area contributed by atoms with Crippen LogP contribution < -0.4 is 10.3 Å². The molecule has 1 heterocycles. The fraction of sp³-hybridized carbons (Fsp3) is 0.0625. The molecule has 0 fully saturated rings. The summed E-state index contributed by atoms with van der Waals surface area (Å²) in [4.78, 5) is 28.6. The first kappa shape index (κ1) is 19.2. The van der Waals surface area contributed by atoms with E-state index in [2.05, 4.69) is 4.98 Å². The summed E-state index contributed by atoms with van der Waals surface area (Å²) in [6.07, 6.45) is 0. The predicted molar refractivity (Wildman–Crippen MR) is 106 cm³/mol. The van der Waals surface area contributed by atoms with E-state index in [-0.39, 0.29) is 47.1 Å². The van der Waals surface area contributed by atoms with Crippen molar-refractivity contribution in [1.29, 1.82) is 0 Å². The summed E-state index contributed by atoms with van der Waals surface area (Å²) in [6.45, 7) is 0. The second-order valence-corrected chi connectivity index (χ2v) is 7.23. The molecular weight excluding hydrogens is 442 g/mol. The number of nitrogens with zero attached hydrogens (tertiary/aromatic N) is 1. The van der Waals surface area contributed by atoms with Crippen LogP contribution in [0.25, 0.3) is 10.9 Å². The van der Waals surface area contributed by atoms with E-state index in [1.807, 2.05) is 0 Å². The summed E-state index contributed by atoms with van der Waals surface area (Å²) in [5.41, 5.74) is -0.415. The maximum atomic E-state index is 13.0. The van der Waals surface area contributed by atoms with Crippen LogP contribution in [0.15, 0.2) is 29.1 Å². The van der Waals surface area contributed by atoms with Gasteiger partial charge in [0.15, 0.2) is 4.77 Å². The molecule has 0 aliphatic carbocycles. The number of ether oxygens (including phenoxy) is 1. The number of aromatic amines is 1. The van der Waals surface area contributed by atoms with Crippen molar-refractivity contribution in [3.63, 3.8) is 0 Å². The fourth-order valence-electron chi connectivity index (χ4n) is 2.48. The van der Waals surface area contributed by atoms with Crippen molar-refractivity contribution in [3.05, 3.63) is 65.0 Å². The molecule has 3 rings (SSSR count). The lowest BCUT2D eigenvalue weighted by molar-refractivity contribution is 0.0950. The third-order valence-corrected chi connectivity index (χ3v) is 4.87. The van der Waals surface area contributed by atoms with Gasteiger partial charge >= 0.3 is 0 Å². The zero-order valence-electron chi connectivity index (χ0n) is 12.9. The van der Waals surface area contributed by atoms with E-state index in [0.717, 1.165) is 4.57 Å². The standard InChI is InChI=1S/C16H8Cl4N2O3S/c1-25-13-9(3-7(18)5-11(13)20)15(24)22-14(23)8-2-6(17)4-10(19)12(8)21-16(22)26/h2-5H,1H3,(H,21,26). The smallest absolute Gasteiger partial charge is 0.271 e. The van der Waals surface area contributed by atoms with Crippen LogP contribution in [0, 0.1) is 4.77 Å². The Kier molecular flexibility index (Phi) is 5.33. The van der Waals surface area contributed by atoms with Gasteiger partial charge in [-0.3, -0.25) is 9.59 Å². The van der Waals surface area contributed by atoms with Gasteiger partial charge in [0, 0.05) is 10.0 Å². The van der Waals surface area contributed by atoms with E-state index in [1.165, 1.54) is 31.4 Å². The zero-order chi connectivity index (χ0) is 19.2. The van der Waals surface area contributed by atoms with Crippen LogP contribution >= 0.6 is 58.6 Å². The average Bonchev–Trinajstić information content (AvgIpc) is 2.55. The quantitative estimate of drug-likeness (QED) is 0.534. The molecule has 10 heteroatoms. The SMILES string of the molecule is COc1c(Cl)cc(Cl)cc1C(=O)n1c(=S)[nH]c2c(Cl)cc(Cl)cc2c1=O. The van der Waals surface area contributed by atoms with Crippen LogP contribution in [-0.4, -0.2) is 22.6 Å². The monoisotopic (exact) mass is 448 g/mol. The normalized spacial score (nSPS) is 11.0. The number of carbonyl (C=O) groups is 1. The van der Waals surface area contributed by atoms with Crippen molar-refractivity contribution in [2.24, 2.45) is 0 Å². The predicted octanol–water partition coefficient (Wildman–Crippen LogP) is 5.37. The second kappa shape index (κ2) is 7.21. The molecule has 3 aromatic rings. The third-order valence-electron chi connectivity index (χ3n) is 3.57. The minimum Gasteiger partial charge on any atom is -0.494 e. The highest BCUT2D eigenvalue weighted by atomic mass is 35.5. The first-order valence-electron chi connectivity index (χ1n) is 6.96. The van der Waals surface area contributed by atoms with Crippen molar-refractivity contribution in [2.75, 3.05) is 7.11 Å². The molecule has 0 aliphatic rings. The van der Waals surface area contributed by atoms with E-state index in [1.54, 1.807) is 0 Å². The van der Waals surface area contributed by atoms with Crippen molar-refractivity contribution in [2.45, 2.75) is 0 Å². The van der Waals surface area contributed by atoms with E-state index in [9.17, 15) is 9.59 Å². The minimum atomic E-state index is -0.754. The second-order valence-electron chi connectivity index (χ2n) is 5.15. The van der Waals surface area contributed by atoms with E-state index >= 15 is 0 Å². The number of carbonyl (C=O) groups excluding carboxylic acids is 1. The number of hydrogen-bond acceptors (Lipinski definition) is 4. The third kappa shape index (κ3) is 3.23. The number of methoxy groups -OCH3 is 1. The molecule has 1 N–H and O–H groups in total. The van der Waals surface area contributed by atoms with Gasteiger partial charge in [0.05, 0.1) is 33.6 Å². The fourth-order valence-corrected chi connectivity index (χ4v) is 3.86. The first-order chi connectivity index (χ1) is 12.2. The summed E-state index contributed by atoms with van der Waals surface area (Å²) in [5.74, 6) is -0.679. The lowest BCUT2D eigenvalue weighted by atomic mass is 10.1. The molecule has 0 saturated heterocycles. The molecule has 5 nitrogen and oxygen atoms in total. The Labute approximate surface area is 172 Å². The highest BCUT2D eigenvalue weighted by molar-refractivity contribution is 7.71. The Balaban J connectivity index is 2.35. The van der Waals surface area contributed by atoms with Gasteiger partial charge in [0.25, 0.3) is 11.5 Å². The van der Waals surface area contributed by atoms with Crippen molar-refractivity contribution in [3.8, 4) is 5.75 Å². The lowest BCUT2D eigenvalue weighted by Gasteiger charge is -2.12. The number of benzene rings is 2. The molecule has 0 radical (unpaired) electrons. The van der Waals surface area contributed by atoms with Gasteiger partial charge < -0.3 is 9.72 Å². The lowest BCUT2D eigenvalue weighted by Crippen LogP contribution is -2.29. The molecule has 2 aromatic carbocycles. The van der Waals surface area contributed by atoms with Gasteiger partial charge in [-0.1, -0.05) is 46.4 Å². The van der Waals surface area contributed by atoms with Gasteiger partial charge in [-0.15, -0.1) is 0 Å². The van der Waals surface area contributed by atoms with Gasteiger partial charge in [0.1, 0.15) is 5.75 Å². The van der Waals surface area contributed by atoms with Crippen LogP contribution in [0.5, 0.6) is 5.75 Å². The number of rotatable bonds is 2. The van der Waals surface area contributed by atoms with Crippen LogP contribution in [0.2, 0.25) is 20.1 Å². The number of H-pyrrole nitrogens is 1. The molecule has 0 atom stereocenters. The molecule has 0 bridgehead atoms. The molecule has 0 saturated carbocycles. The Morgan fingerprint density at radius 1 is 1.08 bits per heavy atom. The van der Waals surface area contributed by atoms with E-state index in [4.69, 9.17) is 63.4 Å². The van der Waals surface area contributed by atoms with Gasteiger partial charge in [-0.25, -0.2) is 4.57 Å². The Hall–Kier alpha value is -1.57. The van der Waals surface area contributed by atoms with Crippen molar-refractivity contribution in [1.82, 2.24) is 9.55 Å². The van der Waals surface area contributed by atoms with Crippen LogP contribution in [0.1, 0.15) is 10.4 Å². The van der Waals surface area contributed by atoms with Crippen molar-refractivity contribution >= 4 is 75.4 Å². The van der Waals surface area contributed by atoms with E-state index in [0.29, 0.717) is 0 Å². The number of nitrogens with one attached hydrogen (secondary N) is 1. The topological polar surface area (TPSA) is 64.1 Å². The van der Waals surface area contributed by atoms with Gasteiger partial charge in [0.2, 0.25) is 0 Å². The van der Waals surface area contributed by atoms with E-state index < -0.39 is 11.5 Å². The van der Waals surface area contributed by atoms with Crippen molar-refractivity contribution < 1.29 is 9.53 Å². The molecule has 0 spiro atoms. The molecule has 26 heavy (non-hydrogen) atoms. The summed E-state index contributed by atoms with van der Waals surface area (Å²) in [7, 11) is 1.34. The Bertz CT molecular complexity index is 1190. The Morgan fingerprint density at radius 2 is 1.69 bits per heavy atom. The molecule has 1 aromatic heterocycles. The summed E-state index contributed by atoms with van der Waals surface area (Å²) in [5, 5.41) is 0.884. The average molecular weight is 450 g/mol. The molecule has 134 valence electrons. The maximum Gasteiger partial charge on any atom is 0.271 e. The number of halogens is 4.